The summed E-state index contributed by atoms with van der Waals surface area (Å²) in [6.07, 6.45) is 8.56. The third kappa shape index (κ3) is 2.82. The van der Waals surface area contributed by atoms with Crippen LogP contribution >= 0.6 is 0 Å². The Kier molecular flexibility index (Phi) is 3.74. The molecule has 1 amide bonds. The summed E-state index contributed by atoms with van der Waals surface area (Å²) in [6, 6.07) is 0. The molecule has 112 valence electrons. The molecule has 7 nitrogen and oxygen atoms in total. The van der Waals surface area contributed by atoms with Gasteiger partial charge in [-0.05, 0) is 12.8 Å². The normalized spacial score (nSPS) is 22.2. The number of imidazole rings is 1. The maximum Gasteiger partial charge on any atom is 0.232 e. The fourth-order valence-corrected chi connectivity index (χ4v) is 2.65. The van der Waals surface area contributed by atoms with Crippen LogP contribution in [0.4, 0.5) is 5.95 Å². The largest absolute Gasteiger partial charge is 0.373 e. The molecule has 2 atom stereocenters. The Morgan fingerprint density at radius 1 is 1.48 bits per heavy atom. The first kappa shape index (κ1) is 13.8. The van der Waals surface area contributed by atoms with Crippen molar-refractivity contribution in [2.24, 2.45) is 20.0 Å². The minimum Gasteiger partial charge on any atom is -0.373 e. The number of rotatable bonds is 3. The van der Waals surface area contributed by atoms with Crippen molar-refractivity contribution < 1.29 is 9.53 Å². The smallest absolute Gasteiger partial charge is 0.232 e. The summed E-state index contributed by atoms with van der Waals surface area (Å²) in [4.78, 5) is 16.7. The lowest BCUT2D eigenvalue weighted by Crippen LogP contribution is -2.33. The first-order valence-corrected chi connectivity index (χ1v) is 7.03. The molecule has 0 bridgehead atoms. The summed E-state index contributed by atoms with van der Waals surface area (Å²) in [5, 5.41) is 7.04. The van der Waals surface area contributed by atoms with Crippen molar-refractivity contribution in [3.05, 3.63) is 30.4 Å². The van der Waals surface area contributed by atoms with E-state index in [9.17, 15) is 4.79 Å². The van der Waals surface area contributed by atoms with Gasteiger partial charge in [0.05, 0.1) is 18.2 Å². The molecule has 2 aromatic heterocycles. The molecule has 0 radical (unpaired) electrons. The highest BCUT2D eigenvalue weighted by molar-refractivity contribution is 5.91. The molecule has 1 saturated heterocycles. The molecule has 0 spiro atoms. The second-order valence-electron chi connectivity index (χ2n) is 5.34. The van der Waals surface area contributed by atoms with E-state index in [0.717, 1.165) is 18.4 Å². The predicted octanol–water partition coefficient (Wildman–Crippen LogP) is 1.26. The summed E-state index contributed by atoms with van der Waals surface area (Å²) in [7, 11) is 3.70. The van der Waals surface area contributed by atoms with Gasteiger partial charge in [0.25, 0.3) is 0 Å². The number of aromatic nitrogens is 4. The average Bonchev–Trinajstić information content (AvgIpc) is 3.08. The molecule has 1 aliphatic heterocycles. The van der Waals surface area contributed by atoms with Crippen LogP contribution in [0.1, 0.15) is 24.5 Å². The Hall–Kier alpha value is -2.15. The highest BCUT2D eigenvalue weighted by Crippen LogP contribution is 2.34. The van der Waals surface area contributed by atoms with E-state index >= 15 is 0 Å². The van der Waals surface area contributed by atoms with Gasteiger partial charge in [0.15, 0.2) is 0 Å². The molecular formula is C14H19N5O2. The van der Waals surface area contributed by atoms with Gasteiger partial charge in [-0.2, -0.15) is 5.10 Å². The topological polar surface area (TPSA) is 74.0 Å². The Balaban J connectivity index is 1.77. The van der Waals surface area contributed by atoms with Crippen LogP contribution in [0.25, 0.3) is 0 Å². The summed E-state index contributed by atoms with van der Waals surface area (Å²) in [5.74, 6) is 0.271. The first-order chi connectivity index (χ1) is 10.1. The van der Waals surface area contributed by atoms with Gasteiger partial charge >= 0.3 is 0 Å². The molecule has 0 unspecified atom stereocenters. The zero-order chi connectivity index (χ0) is 14.8. The van der Waals surface area contributed by atoms with E-state index in [1.807, 2.05) is 20.3 Å². The number of hydrogen-bond acceptors (Lipinski definition) is 4. The number of ether oxygens (including phenoxy) is 1. The minimum absolute atomic E-state index is 0.0575. The fraction of sp³-hybridized carbons (Fsp3) is 0.500. The highest BCUT2D eigenvalue weighted by atomic mass is 16.5. The van der Waals surface area contributed by atoms with Gasteiger partial charge in [-0.1, -0.05) is 0 Å². The van der Waals surface area contributed by atoms with Gasteiger partial charge in [0, 0.05) is 44.9 Å². The maximum atomic E-state index is 12.5. The molecule has 0 aromatic carbocycles. The summed E-state index contributed by atoms with van der Waals surface area (Å²) < 4.78 is 9.32. The second kappa shape index (κ2) is 5.69. The van der Waals surface area contributed by atoms with Crippen LogP contribution in [0.15, 0.2) is 24.8 Å². The summed E-state index contributed by atoms with van der Waals surface area (Å²) in [6.45, 7) is 0.672. The van der Waals surface area contributed by atoms with E-state index in [1.165, 1.54) is 0 Å². The van der Waals surface area contributed by atoms with Crippen molar-refractivity contribution in [2.75, 3.05) is 11.9 Å². The van der Waals surface area contributed by atoms with Crippen LogP contribution in [-0.4, -0.2) is 31.8 Å². The highest BCUT2D eigenvalue weighted by Gasteiger charge is 2.34. The molecule has 1 N–H and O–H groups in total. The minimum atomic E-state index is -0.243. The zero-order valence-electron chi connectivity index (χ0n) is 12.2. The quantitative estimate of drug-likeness (QED) is 0.923. The van der Waals surface area contributed by atoms with Gasteiger partial charge in [-0.25, -0.2) is 4.98 Å². The van der Waals surface area contributed by atoms with Crippen LogP contribution in [0.5, 0.6) is 0 Å². The molecule has 3 heterocycles. The molecule has 0 aliphatic carbocycles. The van der Waals surface area contributed by atoms with Gasteiger partial charge < -0.3 is 9.30 Å². The van der Waals surface area contributed by atoms with E-state index in [0.29, 0.717) is 12.6 Å². The monoisotopic (exact) mass is 289 g/mol. The molecule has 1 fully saturated rings. The van der Waals surface area contributed by atoms with E-state index in [-0.39, 0.29) is 17.9 Å². The number of nitrogens with zero attached hydrogens (tertiary/aromatic N) is 4. The Bertz CT molecular complexity index is 633. The molecular weight excluding hydrogens is 270 g/mol. The van der Waals surface area contributed by atoms with Crippen molar-refractivity contribution in [3.8, 4) is 0 Å². The molecule has 2 aromatic rings. The van der Waals surface area contributed by atoms with E-state index < -0.39 is 0 Å². The lowest BCUT2D eigenvalue weighted by atomic mass is 9.90. The molecule has 21 heavy (non-hydrogen) atoms. The summed E-state index contributed by atoms with van der Waals surface area (Å²) in [5.41, 5.74) is 0.942. The fourth-order valence-electron chi connectivity index (χ4n) is 2.65. The maximum absolute atomic E-state index is 12.5. The van der Waals surface area contributed by atoms with Crippen molar-refractivity contribution in [1.82, 2.24) is 19.3 Å². The van der Waals surface area contributed by atoms with Crippen molar-refractivity contribution in [3.63, 3.8) is 0 Å². The molecule has 3 rings (SSSR count). The van der Waals surface area contributed by atoms with E-state index in [1.54, 1.807) is 27.8 Å². The number of aryl methyl sites for hydroxylation is 2. The predicted molar refractivity (Wildman–Crippen MR) is 76.5 cm³/mol. The average molecular weight is 289 g/mol. The van der Waals surface area contributed by atoms with Gasteiger partial charge in [0.2, 0.25) is 11.9 Å². The third-order valence-corrected chi connectivity index (χ3v) is 3.77. The second-order valence-corrected chi connectivity index (χ2v) is 5.34. The van der Waals surface area contributed by atoms with Crippen LogP contribution < -0.4 is 5.32 Å². The van der Waals surface area contributed by atoms with Gasteiger partial charge in [-0.15, -0.1) is 0 Å². The Morgan fingerprint density at radius 2 is 2.33 bits per heavy atom. The third-order valence-electron chi connectivity index (χ3n) is 3.77. The zero-order valence-corrected chi connectivity index (χ0v) is 12.2. The number of hydrogen-bond donors (Lipinski definition) is 1. The van der Waals surface area contributed by atoms with Crippen molar-refractivity contribution >= 4 is 11.9 Å². The van der Waals surface area contributed by atoms with Crippen LogP contribution in [0.2, 0.25) is 0 Å². The van der Waals surface area contributed by atoms with E-state index in [4.69, 9.17) is 4.74 Å². The Morgan fingerprint density at radius 3 is 3.00 bits per heavy atom. The Labute approximate surface area is 122 Å². The molecule has 1 aliphatic rings. The van der Waals surface area contributed by atoms with Crippen LogP contribution in [0.3, 0.4) is 0 Å². The van der Waals surface area contributed by atoms with Gasteiger partial charge in [0.1, 0.15) is 0 Å². The SMILES string of the molecule is Cn1cc([C@@H]2OCCC[C@H]2C(=O)Nc2nccn2C)cn1. The van der Waals surface area contributed by atoms with E-state index in [2.05, 4.69) is 15.4 Å². The number of nitrogens with one attached hydrogen (secondary N) is 1. The van der Waals surface area contributed by atoms with Gasteiger partial charge in [-0.3, -0.25) is 14.8 Å². The summed E-state index contributed by atoms with van der Waals surface area (Å²) >= 11 is 0. The van der Waals surface area contributed by atoms with Crippen LogP contribution in [0, 0.1) is 5.92 Å². The number of carbonyl (C=O) groups is 1. The number of amides is 1. The lowest BCUT2D eigenvalue weighted by Gasteiger charge is -2.30. The lowest BCUT2D eigenvalue weighted by molar-refractivity contribution is -0.129. The number of carbonyl (C=O) groups excluding carboxylic acids is 1. The first-order valence-electron chi connectivity index (χ1n) is 7.03. The van der Waals surface area contributed by atoms with Crippen LogP contribution in [-0.2, 0) is 23.6 Å². The molecule has 0 saturated carbocycles. The van der Waals surface area contributed by atoms with Crippen molar-refractivity contribution in [2.45, 2.75) is 18.9 Å². The number of anilines is 1. The molecule has 7 heteroatoms. The van der Waals surface area contributed by atoms with Crippen molar-refractivity contribution in [1.29, 1.82) is 0 Å². The standard InChI is InChI=1S/C14H19N5O2/c1-18-6-5-15-14(18)17-13(20)11-4-3-7-21-12(11)10-8-16-19(2)9-10/h5-6,8-9,11-12H,3-4,7H2,1-2H3,(H,15,17,20)/t11-,12+/m1/s1.